The third kappa shape index (κ3) is 5.54. The van der Waals surface area contributed by atoms with Gasteiger partial charge in [0, 0.05) is 48.2 Å². The molecule has 0 unspecified atom stereocenters. The second kappa shape index (κ2) is 9.14. The van der Waals surface area contributed by atoms with E-state index in [1.54, 1.807) is 0 Å². The molecule has 1 aliphatic rings. The number of nitrogens with one attached hydrogen (secondary N) is 2. The number of pyridine rings is 1. The highest BCUT2D eigenvalue weighted by Gasteiger charge is 2.20. The van der Waals surface area contributed by atoms with Gasteiger partial charge >= 0.3 is 6.03 Å². The summed E-state index contributed by atoms with van der Waals surface area (Å²) in [5, 5.41) is 6.06. The first-order chi connectivity index (χ1) is 12.6. The summed E-state index contributed by atoms with van der Waals surface area (Å²) in [4.78, 5) is 18.8. The predicted molar refractivity (Wildman–Crippen MR) is 108 cm³/mol. The third-order valence-corrected chi connectivity index (χ3v) is 5.33. The first kappa shape index (κ1) is 18.9. The topological polar surface area (TPSA) is 57.3 Å². The highest BCUT2D eigenvalue weighted by Crippen LogP contribution is 2.20. The largest absolute Gasteiger partial charge is 0.335 e. The van der Waals surface area contributed by atoms with Crippen LogP contribution in [-0.4, -0.2) is 41.6 Å². The molecule has 1 aromatic heterocycles. The lowest BCUT2D eigenvalue weighted by molar-refractivity contribution is 0.197. The molecule has 1 aliphatic heterocycles. The number of rotatable bonds is 5. The van der Waals surface area contributed by atoms with Crippen molar-refractivity contribution in [3.8, 4) is 0 Å². The van der Waals surface area contributed by atoms with Crippen LogP contribution in [0.2, 0.25) is 0 Å². The Hall–Kier alpha value is -1.92. The van der Waals surface area contributed by atoms with Gasteiger partial charge in [0.2, 0.25) is 0 Å². The molecule has 1 aromatic carbocycles. The van der Waals surface area contributed by atoms with E-state index in [9.17, 15) is 4.79 Å². The van der Waals surface area contributed by atoms with Crippen LogP contribution in [0.15, 0.2) is 47.2 Å². The van der Waals surface area contributed by atoms with Crippen LogP contribution < -0.4 is 10.6 Å². The fourth-order valence-electron chi connectivity index (χ4n) is 3.21. The van der Waals surface area contributed by atoms with Crippen LogP contribution in [0.3, 0.4) is 0 Å². The molecule has 0 radical (unpaired) electrons. The summed E-state index contributed by atoms with van der Waals surface area (Å²) < 4.78 is 0.959. The van der Waals surface area contributed by atoms with E-state index in [4.69, 9.17) is 0 Å². The smallest absolute Gasteiger partial charge is 0.319 e. The lowest BCUT2D eigenvalue weighted by Crippen LogP contribution is -2.46. The fraction of sp³-hybridized carbons (Fsp3) is 0.400. The van der Waals surface area contributed by atoms with Gasteiger partial charge in [0.15, 0.2) is 0 Å². The second-order valence-electron chi connectivity index (χ2n) is 6.78. The van der Waals surface area contributed by atoms with Gasteiger partial charge in [-0.15, -0.1) is 0 Å². The van der Waals surface area contributed by atoms with Crippen molar-refractivity contribution in [3.63, 3.8) is 0 Å². The van der Waals surface area contributed by atoms with Crippen molar-refractivity contribution >= 4 is 27.6 Å². The monoisotopic (exact) mass is 416 g/mol. The number of carbonyl (C=O) groups excluding carboxylic acids is 1. The van der Waals surface area contributed by atoms with Gasteiger partial charge < -0.3 is 15.5 Å². The van der Waals surface area contributed by atoms with Crippen molar-refractivity contribution in [2.24, 2.45) is 0 Å². The number of carbonyl (C=O) groups is 1. The highest BCUT2D eigenvalue weighted by molar-refractivity contribution is 9.10. The van der Waals surface area contributed by atoms with E-state index in [2.05, 4.69) is 48.6 Å². The Balaban J connectivity index is 1.40. The second-order valence-corrected chi connectivity index (χ2v) is 7.69. The summed E-state index contributed by atoms with van der Waals surface area (Å²) in [6.45, 7) is 5.08. The maximum Gasteiger partial charge on any atom is 0.319 e. The molecule has 3 rings (SSSR count). The van der Waals surface area contributed by atoms with Crippen molar-refractivity contribution < 1.29 is 4.79 Å². The number of aromatic nitrogens is 1. The summed E-state index contributed by atoms with van der Waals surface area (Å²) in [6, 6.07) is 10.1. The Morgan fingerprint density at radius 1 is 1.23 bits per heavy atom. The molecule has 2 heterocycles. The number of nitrogens with zero attached hydrogens (tertiary/aromatic N) is 2. The average Bonchev–Trinajstić information content (AvgIpc) is 2.65. The maximum absolute atomic E-state index is 12.3. The molecule has 1 saturated heterocycles. The number of halogens is 1. The van der Waals surface area contributed by atoms with Crippen LogP contribution in [0.1, 0.15) is 24.0 Å². The molecule has 1 fully saturated rings. The number of amides is 2. The molecule has 2 amide bonds. The Morgan fingerprint density at radius 3 is 2.69 bits per heavy atom. The van der Waals surface area contributed by atoms with Crippen LogP contribution in [-0.2, 0) is 6.42 Å². The Kier molecular flexibility index (Phi) is 6.63. The minimum absolute atomic E-state index is 0.124. The lowest BCUT2D eigenvalue weighted by atomic mass is 10.0. The molecule has 2 aromatic rings. The molecular weight excluding hydrogens is 392 g/mol. The Labute approximate surface area is 163 Å². The van der Waals surface area contributed by atoms with Gasteiger partial charge in [-0.05, 0) is 61.6 Å². The van der Waals surface area contributed by atoms with Crippen LogP contribution in [0.25, 0.3) is 0 Å². The molecule has 26 heavy (non-hydrogen) atoms. The van der Waals surface area contributed by atoms with E-state index < -0.39 is 0 Å². The SMILES string of the molecule is Cc1ccc(Br)cc1NC(=O)NC1CCN(CCc2ccncc2)CC1. The van der Waals surface area contributed by atoms with E-state index in [0.717, 1.165) is 54.6 Å². The standard InChI is InChI=1S/C20H25BrN4O/c1-15-2-3-17(21)14-19(15)24-20(26)23-18-7-12-25(13-8-18)11-6-16-4-9-22-10-5-16/h2-5,9-10,14,18H,6-8,11-13H2,1H3,(H2,23,24,26). The highest BCUT2D eigenvalue weighted by atomic mass is 79.9. The number of likely N-dealkylation sites (tertiary alicyclic amines) is 1. The Morgan fingerprint density at radius 2 is 1.96 bits per heavy atom. The van der Waals surface area contributed by atoms with E-state index in [1.807, 2.05) is 37.5 Å². The van der Waals surface area contributed by atoms with Gasteiger partial charge in [-0.2, -0.15) is 0 Å². The zero-order valence-corrected chi connectivity index (χ0v) is 16.6. The van der Waals surface area contributed by atoms with E-state index in [-0.39, 0.29) is 12.1 Å². The lowest BCUT2D eigenvalue weighted by Gasteiger charge is -2.32. The maximum atomic E-state index is 12.3. The number of benzene rings is 1. The molecule has 138 valence electrons. The molecular formula is C20H25BrN4O. The van der Waals surface area contributed by atoms with Gasteiger partial charge in [0.1, 0.15) is 0 Å². The number of hydrogen-bond donors (Lipinski definition) is 2. The zero-order valence-electron chi connectivity index (χ0n) is 15.0. The van der Waals surface area contributed by atoms with Gasteiger partial charge in [0.05, 0.1) is 0 Å². The van der Waals surface area contributed by atoms with Crippen molar-refractivity contribution in [2.75, 3.05) is 25.0 Å². The molecule has 0 spiro atoms. The van der Waals surface area contributed by atoms with Gasteiger partial charge in [-0.3, -0.25) is 4.98 Å². The van der Waals surface area contributed by atoms with Crippen molar-refractivity contribution in [1.82, 2.24) is 15.2 Å². The van der Waals surface area contributed by atoms with E-state index in [1.165, 1.54) is 5.56 Å². The summed E-state index contributed by atoms with van der Waals surface area (Å²) in [7, 11) is 0. The normalized spacial score (nSPS) is 15.6. The van der Waals surface area contributed by atoms with Crippen molar-refractivity contribution in [3.05, 3.63) is 58.3 Å². The molecule has 0 atom stereocenters. The van der Waals surface area contributed by atoms with Crippen molar-refractivity contribution in [1.29, 1.82) is 0 Å². The third-order valence-electron chi connectivity index (χ3n) is 4.84. The number of piperidine rings is 1. The van der Waals surface area contributed by atoms with Crippen LogP contribution >= 0.6 is 15.9 Å². The molecule has 5 nitrogen and oxygen atoms in total. The van der Waals surface area contributed by atoms with Crippen LogP contribution in [0.5, 0.6) is 0 Å². The summed E-state index contributed by atoms with van der Waals surface area (Å²) >= 11 is 3.44. The van der Waals surface area contributed by atoms with Crippen LogP contribution in [0.4, 0.5) is 10.5 Å². The predicted octanol–water partition coefficient (Wildman–Crippen LogP) is 3.98. The first-order valence-corrected chi connectivity index (χ1v) is 9.84. The minimum Gasteiger partial charge on any atom is -0.335 e. The number of urea groups is 1. The zero-order chi connectivity index (χ0) is 18.4. The van der Waals surface area contributed by atoms with E-state index >= 15 is 0 Å². The number of anilines is 1. The first-order valence-electron chi connectivity index (χ1n) is 9.05. The molecule has 0 bridgehead atoms. The van der Waals surface area contributed by atoms with Gasteiger partial charge in [0.25, 0.3) is 0 Å². The number of aryl methyl sites for hydroxylation is 1. The quantitative estimate of drug-likeness (QED) is 0.774. The summed E-state index contributed by atoms with van der Waals surface area (Å²) in [5.41, 5.74) is 3.21. The van der Waals surface area contributed by atoms with Crippen molar-refractivity contribution in [2.45, 2.75) is 32.2 Å². The molecule has 0 aliphatic carbocycles. The molecule has 6 heteroatoms. The summed E-state index contributed by atoms with van der Waals surface area (Å²) in [5.74, 6) is 0. The summed E-state index contributed by atoms with van der Waals surface area (Å²) in [6.07, 6.45) is 6.71. The van der Waals surface area contributed by atoms with Gasteiger partial charge in [-0.25, -0.2) is 4.79 Å². The Bertz CT molecular complexity index is 730. The van der Waals surface area contributed by atoms with E-state index in [0.29, 0.717) is 0 Å². The fourth-order valence-corrected chi connectivity index (χ4v) is 3.57. The average molecular weight is 417 g/mol. The van der Waals surface area contributed by atoms with Crippen LogP contribution in [0, 0.1) is 6.92 Å². The molecule has 2 N–H and O–H groups in total. The van der Waals surface area contributed by atoms with Gasteiger partial charge in [-0.1, -0.05) is 22.0 Å². The minimum atomic E-state index is -0.124. The molecule has 0 saturated carbocycles. The number of hydrogen-bond acceptors (Lipinski definition) is 3.